The topological polar surface area (TPSA) is 78.5 Å². The molecule has 2 aromatic carbocycles. The highest BCUT2D eigenvalue weighted by atomic mass is 35.5. The zero-order valence-electron chi connectivity index (χ0n) is 15.7. The van der Waals surface area contributed by atoms with Gasteiger partial charge in [0.2, 0.25) is 0 Å². The van der Waals surface area contributed by atoms with Crippen LogP contribution in [0.1, 0.15) is 30.1 Å². The van der Waals surface area contributed by atoms with E-state index in [0.29, 0.717) is 28.9 Å². The molecule has 0 saturated carbocycles. The third kappa shape index (κ3) is 5.04. The SMILES string of the molecule is CCN1CCCC1CNC(=O)c1ccc(S(=O)(=O)Nc2ccc(Cl)cc2)cc1. The van der Waals surface area contributed by atoms with Crippen LogP contribution in [0.15, 0.2) is 53.4 Å². The quantitative estimate of drug-likeness (QED) is 0.718. The van der Waals surface area contributed by atoms with Crippen molar-refractivity contribution in [1.82, 2.24) is 10.2 Å². The van der Waals surface area contributed by atoms with Gasteiger partial charge in [-0.25, -0.2) is 8.42 Å². The normalized spacial score (nSPS) is 17.4. The zero-order valence-corrected chi connectivity index (χ0v) is 17.3. The van der Waals surface area contributed by atoms with E-state index < -0.39 is 10.0 Å². The summed E-state index contributed by atoms with van der Waals surface area (Å²) < 4.78 is 27.5. The largest absolute Gasteiger partial charge is 0.350 e. The first-order valence-corrected chi connectivity index (χ1v) is 11.2. The van der Waals surface area contributed by atoms with E-state index in [1.165, 1.54) is 24.3 Å². The van der Waals surface area contributed by atoms with Crippen LogP contribution in [0.5, 0.6) is 0 Å². The van der Waals surface area contributed by atoms with Crippen molar-refractivity contribution in [3.8, 4) is 0 Å². The fourth-order valence-electron chi connectivity index (χ4n) is 3.37. The summed E-state index contributed by atoms with van der Waals surface area (Å²) in [5.74, 6) is -0.197. The predicted octanol–water partition coefficient (Wildman–Crippen LogP) is 3.35. The van der Waals surface area contributed by atoms with Crippen LogP contribution in [0.2, 0.25) is 5.02 Å². The maximum atomic E-state index is 12.5. The molecule has 3 rings (SSSR count). The van der Waals surface area contributed by atoms with Crippen LogP contribution in [-0.4, -0.2) is 44.9 Å². The number of hydrogen-bond donors (Lipinski definition) is 2. The van der Waals surface area contributed by atoms with E-state index in [1.54, 1.807) is 24.3 Å². The average Bonchev–Trinajstić information content (AvgIpc) is 3.15. The monoisotopic (exact) mass is 421 g/mol. The van der Waals surface area contributed by atoms with Crippen molar-refractivity contribution in [2.75, 3.05) is 24.4 Å². The molecule has 0 spiro atoms. The Labute approximate surface area is 170 Å². The van der Waals surface area contributed by atoms with E-state index in [9.17, 15) is 13.2 Å². The molecule has 1 unspecified atom stereocenters. The van der Waals surface area contributed by atoms with Gasteiger partial charge in [0.25, 0.3) is 15.9 Å². The molecule has 150 valence electrons. The van der Waals surface area contributed by atoms with Crippen LogP contribution in [0.25, 0.3) is 0 Å². The van der Waals surface area contributed by atoms with E-state index >= 15 is 0 Å². The maximum absolute atomic E-state index is 12.5. The highest BCUT2D eigenvalue weighted by Gasteiger charge is 2.23. The first-order chi connectivity index (χ1) is 13.4. The minimum Gasteiger partial charge on any atom is -0.350 e. The average molecular weight is 422 g/mol. The lowest BCUT2D eigenvalue weighted by Crippen LogP contribution is -2.40. The number of sulfonamides is 1. The van der Waals surface area contributed by atoms with Crippen molar-refractivity contribution in [3.63, 3.8) is 0 Å². The van der Waals surface area contributed by atoms with Gasteiger partial charge in [-0.15, -0.1) is 0 Å². The molecular formula is C20H24ClN3O3S. The smallest absolute Gasteiger partial charge is 0.261 e. The molecule has 0 bridgehead atoms. The minimum atomic E-state index is -3.74. The van der Waals surface area contributed by atoms with Crippen LogP contribution >= 0.6 is 11.6 Å². The molecule has 28 heavy (non-hydrogen) atoms. The summed E-state index contributed by atoms with van der Waals surface area (Å²) in [6.07, 6.45) is 2.24. The predicted molar refractivity (Wildman–Crippen MR) is 111 cm³/mol. The number of nitrogens with zero attached hydrogens (tertiary/aromatic N) is 1. The Morgan fingerprint density at radius 2 is 1.82 bits per heavy atom. The van der Waals surface area contributed by atoms with Gasteiger partial charge in [-0.2, -0.15) is 0 Å². The zero-order chi connectivity index (χ0) is 20.1. The van der Waals surface area contributed by atoms with E-state index in [4.69, 9.17) is 11.6 Å². The maximum Gasteiger partial charge on any atom is 0.261 e. The lowest BCUT2D eigenvalue weighted by Gasteiger charge is -2.22. The molecule has 1 saturated heterocycles. The number of benzene rings is 2. The van der Waals surface area contributed by atoms with Crippen molar-refractivity contribution < 1.29 is 13.2 Å². The van der Waals surface area contributed by atoms with Crippen LogP contribution in [-0.2, 0) is 10.0 Å². The summed E-state index contributed by atoms with van der Waals surface area (Å²) >= 11 is 5.81. The first-order valence-electron chi connectivity index (χ1n) is 9.30. The molecule has 1 aliphatic rings. The van der Waals surface area contributed by atoms with Crippen molar-refractivity contribution >= 4 is 33.2 Å². The first kappa shape index (κ1) is 20.6. The van der Waals surface area contributed by atoms with Crippen molar-refractivity contribution in [3.05, 3.63) is 59.1 Å². The number of nitrogens with one attached hydrogen (secondary N) is 2. The summed E-state index contributed by atoms with van der Waals surface area (Å²) in [5, 5.41) is 3.48. The summed E-state index contributed by atoms with van der Waals surface area (Å²) in [4.78, 5) is 14.8. The van der Waals surface area contributed by atoms with Crippen molar-refractivity contribution in [2.45, 2.75) is 30.7 Å². The Morgan fingerprint density at radius 3 is 2.46 bits per heavy atom. The van der Waals surface area contributed by atoms with Crippen LogP contribution in [0.3, 0.4) is 0 Å². The third-order valence-corrected chi connectivity index (χ3v) is 6.58. The summed E-state index contributed by atoms with van der Waals surface area (Å²) in [6, 6.07) is 12.7. The molecule has 6 nitrogen and oxygen atoms in total. The lowest BCUT2D eigenvalue weighted by molar-refractivity contribution is 0.0941. The molecule has 1 fully saturated rings. The Balaban J connectivity index is 1.62. The van der Waals surface area contributed by atoms with Crippen LogP contribution in [0.4, 0.5) is 5.69 Å². The van der Waals surface area contributed by atoms with E-state index in [1.807, 2.05) is 0 Å². The second-order valence-electron chi connectivity index (χ2n) is 6.77. The number of carbonyl (C=O) groups is 1. The number of hydrogen-bond acceptors (Lipinski definition) is 4. The van der Waals surface area contributed by atoms with Gasteiger partial charge < -0.3 is 5.32 Å². The van der Waals surface area contributed by atoms with Gasteiger partial charge in [0.05, 0.1) is 4.90 Å². The molecule has 1 aliphatic heterocycles. The number of likely N-dealkylation sites (N-methyl/N-ethyl adjacent to an activating group) is 1. The molecule has 1 amide bonds. The number of carbonyl (C=O) groups excluding carboxylic acids is 1. The van der Waals surface area contributed by atoms with E-state index in [2.05, 4.69) is 21.9 Å². The number of rotatable bonds is 7. The number of likely N-dealkylation sites (tertiary alicyclic amines) is 1. The Bertz CT molecular complexity index is 915. The number of halogens is 1. The molecule has 8 heteroatoms. The molecule has 1 heterocycles. The number of amides is 1. The Kier molecular flexibility index (Phi) is 6.59. The van der Waals surface area contributed by atoms with Crippen molar-refractivity contribution in [1.29, 1.82) is 0 Å². The third-order valence-electron chi connectivity index (χ3n) is 4.93. The molecule has 1 atom stereocenters. The molecule has 0 aliphatic carbocycles. The van der Waals surface area contributed by atoms with Gasteiger partial charge in [0.1, 0.15) is 0 Å². The van der Waals surface area contributed by atoms with Gasteiger partial charge in [-0.1, -0.05) is 18.5 Å². The van der Waals surface area contributed by atoms with Crippen molar-refractivity contribution in [2.24, 2.45) is 0 Å². The molecule has 0 aromatic heterocycles. The Hall–Kier alpha value is -2.09. The van der Waals surface area contributed by atoms with Gasteiger partial charge >= 0.3 is 0 Å². The minimum absolute atomic E-state index is 0.0898. The second-order valence-corrected chi connectivity index (χ2v) is 8.89. The van der Waals surface area contributed by atoms with Gasteiger partial charge in [-0.3, -0.25) is 14.4 Å². The summed E-state index contributed by atoms with van der Waals surface area (Å²) in [5.41, 5.74) is 0.856. The van der Waals surface area contributed by atoms with Crippen LogP contribution < -0.4 is 10.0 Å². The fourth-order valence-corrected chi connectivity index (χ4v) is 4.56. The van der Waals surface area contributed by atoms with Gasteiger partial charge in [-0.05, 0) is 74.5 Å². The highest BCUT2D eigenvalue weighted by molar-refractivity contribution is 7.92. The standard InChI is InChI=1S/C20H24ClN3O3S/c1-2-24-13-3-4-18(24)14-22-20(25)15-5-11-19(12-6-15)28(26,27)23-17-9-7-16(21)8-10-17/h5-12,18,23H,2-4,13-14H2,1H3,(H,22,25). The van der Waals surface area contributed by atoms with Crippen LogP contribution in [0, 0.1) is 0 Å². The van der Waals surface area contributed by atoms with Gasteiger partial charge in [0, 0.05) is 28.9 Å². The second kappa shape index (κ2) is 8.94. The number of anilines is 1. The molecule has 2 aromatic rings. The summed E-state index contributed by atoms with van der Waals surface area (Å²) in [6.45, 7) is 4.78. The molecule has 0 radical (unpaired) electrons. The molecule has 2 N–H and O–H groups in total. The van der Waals surface area contributed by atoms with E-state index in [-0.39, 0.29) is 10.8 Å². The van der Waals surface area contributed by atoms with E-state index in [0.717, 1.165) is 25.9 Å². The highest BCUT2D eigenvalue weighted by Crippen LogP contribution is 2.19. The lowest BCUT2D eigenvalue weighted by atomic mass is 10.2. The Morgan fingerprint density at radius 1 is 1.14 bits per heavy atom. The van der Waals surface area contributed by atoms with Gasteiger partial charge in [0.15, 0.2) is 0 Å². The summed E-state index contributed by atoms with van der Waals surface area (Å²) in [7, 11) is -3.74. The fraction of sp³-hybridized carbons (Fsp3) is 0.350. The molecular weight excluding hydrogens is 398 g/mol.